The van der Waals surface area contributed by atoms with E-state index in [4.69, 9.17) is 4.74 Å². The van der Waals surface area contributed by atoms with Gasteiger partial charge in [-0.15, -0.1) is 0 Å². The number of aromatic carboxylic acids is 1. The maximum absolute atomic E-state index is 13.3. The van der Waals surface area contributed by atoms with Gasteiger partial charge in [0.15, 0.2) is 0 Å². The number of aliphatic hydroxyl groups is 1. The van der Waals surface area contributed by atoms with E-state index in [9.17, 15) is 29.7 Å². The molecule has 0 radical (unpaired) electrons. The van der Waals surface area contributed by atoms with Crippen LogP contribution in [0.25, 0.3) is 16.8 Å². The highest BCUT2D eigenvalue weighted by atomic mass is 16.5. The van der Waals surface area contributed by atoms with Gasteiger partial charge in [-0.1, -0.05) is 12.1 Å². The Balaban J connectivity index is 1.69. The third-order valence-electron chi connectivity index (χ3n) is 5.96. The number of amides is 1. The van der Waals surface area contributed by atoms with Gasteiger partial charge in [-0.05, 0) is 60.2 Å². The van der Waals surface area contributed by atoms with Crippen molar-refractivity contribution >= 4 is 40.4 Å². The zero-order valence-corrected chi connectivity index (χ0v) is 18.8. The van der Waals surface area contributed by atoms with E-state index in [1.54, 1.807) is 24.3 Å². The van der Waals surface area contributed by atoms with Gasteiger partial charge in [-0.2, -0.15) is 0 Å². The summed E-state index contributed by atoms with van der Waals surface area (Å²) in [7, 11) is 1.50. The maximum Gasteiger partial charge on any atom is 0.335 e. The second-order valence-electron chi connectivity index (χ2n) is 8.09. The van der Waals surface area contributed by atoms with Crippen LogP contribution in [0.3, 0.4) is 0 Å². The van der Waals surface area contributed by atoms with E-state index in [0.717, 1.165) is 4.90 Å². The van der Waals surface area contributed by atoms with Gasteiger partial charge in [-0.25, -0.2) is 9.78 Å². The van der Waals surface area contributed by atoms with E-state index in [1.165, 1.54) is 49.6 Å². The molecule has 10 heteroatoms. The summed E-state index contributed by atoms with van der Waals surface area (Å²) in [5.74, 6) is -2.84. The maximum atomic E-state index is 13.3. The van der Waals surface area contributed by atoms with Gasteiger partial charge < -0.3 is 25.0 Å². The highest BCUT2D eigenvalue weighted by Gasteiger charge is 2.48. The summed E-state index contributed by atoms with van der Waals surface area (Å²) in [4.78, 5) is 46.3. The number of H-pyrrole nitrogens is 1. The predicted molar refractivity (Wildman–Crippen MR) is 129 cm³/mol. The van der Waals surface area contributed by atoms with Crippen LogP contribution in [0, 0.1) is 0 Å². The Labute approximate surface area is 203 Å². The van der Waals surface area contributed by atoms with Crippen LogP contribution in [0.4, 0.5) is 5.95 Å². The van der Waals surface area contributed by atoms with E-state index in [1.807, 2.05) is 0 Å². The third kappa shape index (κ3) is 3.70. The number of carbonyl (C=O) groups excluding carboxylic acids is 2. The molecular weight excluding hydrogens is 466 g/mol. The molecule has 1 atom stereocenters. The van der Waals surface area contributed by atoms with Crippen molar-refractivity contribution < 1.29 is 34.4 Å². The second-order valence-corrected chi connectivity index (χ2v) is 8.09. The van der Waals surface area contributed by atoms with Crippen LogP contribution in [0.15, 0.2) is 72.3 Å². The standard InChI is InChI=1S/C26H19N3O7/c1-36-17-9-4-14(5-10-17)22(31)20-21(13-2-7-16(30)8-3-13)29(24(33)23(20)32)26-27-18-11-6-15(25(34)35)12-19(18)28-26/h2-12,21,30-31H,1H3,(H,27,28)(H,34,35)/b22-20+. The molecule has 5 rings (SSSR count). The normalized spacial score (nSPS) is 17.0. The van der Waals surface area contributed by atoms with Crippen molar-refractivity contribution in [2.75, 3.05) is 12.0 Å². The molecule has 4 aromatic rings. The molecule has 4 N–H and O–H groups in total. The van der Waals surface area contributed by atoms with Crippen LogP contribution in [-0.2, 0) is 9.59 Å². The smallest absolute Gasteiger partial charge is 0.335 e. The number of aliphatic hydroxyl groups excluding tert-OH is 1. The lowest BCUT2D eigenvalue weighted by atomic mass is 9.95. The number of carboxylic acids is 1. The van der Waals surface area contributed by atoms with Gasteiger partial charge >= 0.3 is 11.9 Å². The number of ether oxygens (including phenoxy) is 1. The largest absolute Gasteiger partial charge is 0.508 e. The summed E-state index contributed by atoms with van der Waals surface area (Å²) >= 11 is 0. The summed E-state index contributed by atoms with van der Waals surface area (Å²) in [6, 6.07) is 15.4. The van der Waals surface area contributed by atoms with Crippen LogP contribution in [-0.4, -0.2) is 50.1 Å². The molecule has 3 aromatic carbocycles. The first kappa shape index (κ1) is 22.7. The summed E-state index contributed by atoms with van der Waals surface area (Å²) < 4.78 is 5.14. The number of carboxylic acid groups (broad SMARTS) is 1. The minimum atomic E-state index is -1.13. The number of imidazole rings is 1. The molecule has 1 aliphatic heterocycles. The molecule has 1 fully saturated rings. The topological polar surface area (TPSA) is 153 Å². The molecule has 1 saturated heterocycles. The SMILES string of the molecule is COc1ccc(/C(O)=C2\C(=O)C(=O)N(c3nc4ccc(C(=O)O)cc4[nH]3)C2c2ccc(O)cc2)cc1. The van der Waals surface area contributed by atoms with E-state index in [2.05, 4.69) is 9.97 Å². The van der Waals surface area contributed by atoms with Gasteiger partial charge in [0.25, 0.3) is 5.78 Å². The number of methoxy groups -OCH3 is 1. The van der Waals surface area contributed by atoms with Gasteiger partial charge in [0.2, 0.25) is 5.95 Å². The van der Waals surface area contributed by atoms with Gasteiger partial charge in [0.1, 0.15) is 17.3 Å². The molecule has 2 heterocycles. The first-order chi connectivity index (χ1) is 17.3. The number of phenolic OH excluding ortho intramolecular Hbond substituents is 1. The number of carbonyl (C=O) groups is 3. The van der Waals surface area contributed by atoms with Crippen LogP contribution in [0.2, 0.25) is 0 Å². The lowest BCUT2D eigenvalue weighted by Crippen LogP contribution is -2.30. The molecule has 1 aromatic heterocycles. The Morgan fingerprint density at radius 3 is 2.28 bits per heavy atom. The molecule has 36 heavy (non-hydrogen) atoms. The number of aromatic amines is 1. The first-order valence-corrected chi connectivity index (χ1v) is 10.8. The average molecular weight is 485 g/mol. The lowest BCUT2D eigenvalue weighted by molar-refractivity contribution is -0.132. The Hall–Kier alpha value is -5.12. The minimum Gasteiger partial charge on any atom is -0.508 e. The van der Waals surface area contributed by atoms with Crippen molar-refractivity contribution in [3.05, 3.63) is 89.0 Å². The van der Waals surface area contributed by atoms with E-state index in [0.29, 0.717) is 27.9 Å². The number of rotatable bonds is 5. The highest BCUT2D eigenvalue weighted by Crippen LogP contribution is 2.42. The second kappa shape index (κ2) is 8.58. The van der Waals surface area contributed by atoms with Crippen molar-refractivity contribution in [2.24, 2.45) is 0 Å². The highest BCUT2D eigenvalue weighted by molar-refractivity contribution is 6.51. The number of benzene rings is 3. The number of phenols is 1. The molecule has 0 spiro atoms. The van der Waals surface area contributed by atoms with Gasteiger partial charge in [0.05, 0.1) is 35.3 Å². The van der Waals surface area contributed by atoms with E-state index < -0.39 is 23.7 Å². The lowest BCUT2D eigenvalue weighted by Gasteiger charge is -2.23. The zero-order valence-electron chi connectivity index (χ0n) is 18.8. The molecule has 0 aliphatic carbocycles. The molecule has 0 saturated carbocycles. The Bertz CT molecular complexity index is 1550. The number of fused-ring (bicyclic) bond motifs is 1. The number of Topliss-reactive ketones (excluding diaryl/α,β-unsaturated/α-hetero) is 1. The number of aromatic hydroxyl groups is 1. The number of ketones is 1. The number of anilines is 1. The molecule has 1 unspecified atom stereocenters. The number of nitrogens with one attached hydrogen (secondary N) is 1. The van der Waals surface area contributed by atoms with Crippen molar-refractivity contribution in [3.63, 3.8) is 0 Å². The first-order valence-electron chi connectivity index (χ1n) is 10.8. The van der Waals surface area contributed by atoms with E-state index >= 15 is 0 Å². The van der Waals surface area contributed by atoms with Crippen LogP contribution >= 0.6 is 0 Å². The Morgan fingerprint density at radius 2 is 1.64 bits per heavy atom. The van der Waals surface area contributed by atoms with Crippen molar-refractivity contribution in [3.8, 4) is 11.5 Å². The fourth-order valence-electron chi connectivity index (χ4n) is 4.17. The molecular formula is C26H19N3O7. The Morgan fingerprint density at radius 1 is 0.972 bits per heavy atom. The number of hydrogen-bond donors (Lipinski definition) is 4. The summed E-state index contributed by atoms with van der Waals surface area (Å²) in [5, 5.41) is 30.2. The van der Waals surface area contributed by atoms with E-state index in [-0.39, 0.29) is 28.6 Å². The number of aromatic nitrogens is 2. The Kier molecular flexibility index (Phi) is 5.40. The van der Waals surface area contributed by atoms with Gasteiger partial charge in [0, 0.05) is 5.56 Å². The molecule has 180 valence electrons. The van der Waals surface area contributed by atoms with Crippen molar-refractivity contribution in [1.82, 2.24) is 9.97 Å². The molecule has 0 bridgehead atoms. The zero-order chi connectivity index (χ0) is 25.6. The molecule has 1 aliphatic rings. The van der Waals surface area contributed by atoms with Crippen LogP contribution < -0.4 is 9.64 Å². The van der Waals surface area contributed by atoms with Crippen LogP contribution in [0.1, 0.15) is 27.5 Å². The monoisotopic (exact) mass is 485 g/mol. The summed E-state index contributed by atoms with van der Waals surface area (Å²) in [5.41, 5.74) is 1.34. The van der Waals surface area contributed by atoms with Gasteiger partial charge in [-0.3, -0.25) is 14.5 Å². The predicted octanol–water partition coefficient (Wildman–Crippen LogP) is 3.60. The van der Waals surface area contributed by atoms with Crippen molar-refractivity contribution in [2.45, 2.75) is 6.04 Å². The summed E-state index contributed by atoms with van der Waals surface area (Å²) in [6.07, 6.45) is 0. The fourth-order valence-corrected chi connectivity index (χ4v) is 4.17. The molecule has 10 nitrogen and oxygen atoms in total. The summed E-state index contributed by atoms with van der Waals surface area (Å²) in [6.45, 7) is 0. The van der Waals surface area contributed by atoms with Crippen molar-refractivity contribution in [1.29, 1.82) is 0 Å². The fraction of sp³-hybridized carbons (Fsp3) is 0.0769. The minimum absolute atomic E-state index is 0.00138. The number of nitrogens with zero attached hydrogens (tertiary/aromatic N) is 2. The third-order valence-corrected chi connectivity index (χ3v) is 5.96. The van der Waals surface area contributed by atoms with Crippen LogP contribution in [0.5, 0.6) is 11.5 Å². The average Bonchev–Trinajstić information content (AvgIpc) is 3.41. The number of hydrogen-bond acceptors (Lipinski definition) is 7. The quantitative estimate of drug-likeness (QED) is 0.190. The molecule has 1 amide bonds.